The molecule has 0 aromatic heterocycles. The standard InChI is InChI=1S/C16H30O7S2/c1-24-13-3-15(17)22-11-9-20-7-5-19-6-8-21-10-12-23-16(18)4-14-25-2/h3-14H2,1-2H3. The zero-order valence-corrected chi connectivity index (χ0v) is 16.8. The fraction of sp³-hybridized carbons (Fsp3) is 0.875. The average Bonchev–Trinajstić information content (AvgIpc) is 2.61. The molecule has 0 amide bonds. The van der Waals surface area contributed by atoms with E-state index in [1.165, 1.54) is 0 Å². The van der Waals surface area contributed by atoms with Gasteiger partial charge >= 0.3 is 11.9 Å². The van der Waals surface area contributed by atoms with Gasteiger partial charge in [-0.25, -0.2) is 0 Å². The van der Waals surface area contributed by atoms with Crippen LogP contribution in [0.15, 0.2) is 0 Å². The lowest BCUT2D eigenvalue weighted by atomic mass is 10.5. The summed E-state index contributed by atoms with van der Waals surface area (Å²) in [6.45, 7) is 3.06. The molecule has 0 aliphatic rings. The number of rotatable bonds is 18. The second kappa shape index (κ2) is 19.8. The van der Waals surface area contributed by atoms with Gasteiger partial charge in [-0.3, -0.25) is 9.59 Å². The normalized spacial score (nSPS) is 10.6. The molecule has 148 valence electrons. The van der Waals surface area contributed by atoms with E-state index >= 15 is 0 Å². The van der Waals surface area contributed by atoms with Crippen molar-refractivity contribution in [3.05, 3.63) is 0 Å². The second-order valence-corrected chi connectivity index (χ2v) is 6.73. The third kappa shape index (κ3) is 19.7. The van der Waals surface area contributed by atoms with Crippen LogP contribution >= 0.6 is 23.5 Å². The Kier molecular flexibility index (Phi) is 19.5. The first-order valence-electron chi connectivity index (χ1n) is 8.23. The molecule has 0 spiro atoms. The third-order valence-corrected chi connectivity index (χ3v) is 3.97. The van der Waals surface area contributed by atoms with Gasteiger partial charge in [-0.1, -0.05) is 0 Å². The highest BCUT2D eigenvalue weighted by Crippen LogP contribution is 1.97. The molecule has 0 aliphatic carbocycles. The topological polar surface area (TPSA) is 80.3 Å². The van der Waals surface area contributed by atoms with Crippen molar-refractivity contribution in [3.8, 4) is 0 Å². The lowest BCUT2D eigenvalue weighted by Gasteiger charge is -2.08. The van der Waals surface area contributed by atoms with Gasteiger partial charge in [0.25, 0.3) is 0 Å². The maximum absolute atomic E-state index is 11.2. The van der Waals surface area contributed by atoms with Crippen LogP contribution in [-0.2, 0) is 33.3 Å². The van der Waals surface area contributed by atoms with Crippen LogP contribution in [0.2, 0.25) is 0 Å². The quantitative estimate of drug-likeness (QED) is 0.253. The fourth-order valence-electron chi connectivity index (χ4n) is 1.49. The molecular formula is C16H30O7S2. The largest absolute Gasteiger partial charge is 0.463 e. The third-order valence-electron chi connectivity index (χ3n) is 2.75. The molecule has 7 nitrogen and oxygen atoms in total. The average molecular weight is 399 g/mol. The molecule has 0 atom stereocenters. The van der Waals surface area contributed by atoms with E-state index in [1.807, 2.05) is 12.5 Å². The van der Waals surface area contributed by atoms with E-state index in [9.17, 15) is 9.59 Å². The lowest BCUT2D eigenvalue weighted by Crippen LogP contribution is -2.15. The molecule has 0 aromatic carbocycles. The minimum atomic E-state index is -0.193. The van der Waals surface area contributed by atoms with Crippen LogP contribution in [0.25, 0.3) is 0 Å². The van der Waals surface area contributed by atoms with Gasteiger partial charge in [0, 0.05) is 11.5 Å². The van der Waals surface area contributed by atoms with Crippen molar-refractivity contribution in [2.75, 3.05) is 76.9 Å². The van der Waals surface area contributed by atoms with Gasteiger partial charge < -0.3 is 23.7 Å². The van der Waals surface area contributed by atoms with Gasteiger partial charge in [-0.2, -0.15) is 23.5 Å². The molecule has 0 N–H and O–H groups in total. The molecule has 0 unspecified atom stereocenters. The summed E-state index contributed by atoms with van der Waals surface area (Å²) in [5.74, 6) is 1.16. The minimum Gasteiger partial charge on any atom is -0.463 e. The SMILES string of the molecule is CSCCC(=O)OCCOCCOCCOCCOC(=O)CCSC. The molecule has 0 bridgehead atoms. The van der Waals surface area contributed by atoms with E-state index in [2.05, 4.69) is 0 Å². The van der Waals surface area contributed by atoms with Crippen LogP contribution in [0.3, 0.4) is 0 Å². The predicted octanol–water partition coefficient (Wildman–Crippen LogP) is 1.63. The summed E-state index contributed by atoms with van der Waals surface area (Å²) in [6, 6.07) is 0. The first-order valence-corrected chi connectivity index (χ1v) is 11.0. The molecule has 0 radical (unpaired) electrons. The molecule has 0 saturated carbocycles. The monoisotopic (exact) mass is 398 g/mol. The molecule has 25 heavy (non-hydrogen) atoms. The highest BCUT2D eigenvalue weighted by Gasteiger charge is 2.02. The van der Waals surface area contributed by atoms with Crippen molar-refractivity contribution < 1.29 is 33.3 Å². The highest BCUT2D eigenvalue weighted by atomic mass is 32.2. The van der Waals surface area contributed by atoms with Crippen LogP contribution in [-0.4, -0.2) is 88.8 Å². The maximum atomic E-state index is 11.2. The van der Waals surface area contributed by atoms with Gasteiger partial charge in [0.1, 0.15) is 13.2 Å². The zero-order chi connectivity index (χ0) is 18.6. The Hall–Kier alpha value is -0.480. The molecule has 0 heterocycles. The number of esters is 2. The number of hydrogen-bond acceptors (Lipinski definition) is 9. The Labute approximate surface area is 158 Å². The van der Waals surface area contributed by atoms with E-state index in [4.69, 9.17) is 23.7 Å². The Bertz CT molecular complexity index is 300. The number of thioether (sulfide) groups is 2. The molecule has 0 aliphatic heterocycles. The molecule has 9 heteroatoms. The summed E-state index contributed by atoms with van der Waals surface area (Å²) in [4.78, 5) is 22.4. The van der Waals surface area contributed by atoms with Crippen LogP contribution in [0.4, 0.5) is 0 Å². The zero-order valence-electron chi connectivity index (χ0n) is 15.2. The van der Waals surface area contributed by atoms with Crippen LogP contribution in [0, 0.1) is 0 Å². The van der Waals surface area contributed by atoms with Crippen molar-refractivity contribution in [2.45, 2.75) is 12.8 Å². The Morgan fingerprint density at radius 1 is 0.600 bits per heavy atom. The first-order chi connectivity index (χ1) is 12.2. The van der Waals surface area contributed by atoms with E-state index in [-0.39, 0.29) is 25.2 Å². The van der Waals surface area contributed by atoms with Crippen LogP contribution in [0.1, 0.15) is 12.8 Å². The van der Waals surface area contributed by atoms with Gasteiger partial charge in [0.05, 0.1) is 52.5 Å². The molecule has 0 fully saturated rings. The van der Waals surface area contributed by atoms with E-state index in [0.29, 0.717) is 52.5 Å². The summed E-state index contributed by atoms with van der Waals surface area (Å²) in [5, 5.41) is 0. The first kappa shape index (κ1) is 24.5. The molecule has 0 saturated heterocycles. The molecule has 0 aromatic rings. The summed E-state index contributed by atoms with van der Waals surface area (Å²) < 4.78 is 25.9. The maximum Gasteiger partial charge on any atom is 0.306 e. The second-order valence-electron chi connectivity index (χ2n) is 4.76. The van der Waals surface area contributed by atoms with E-state index in [0.717, 1.165) is 11.5 Å². The summed E-state index contributed by atoms with van der Waals surface area (Å²) >= 11 is 3.23. The smallest absolute Gasteiger partial charge is 0.306 e. The summed E-state index contributed by atoms with van der Waals surface area (Å²) in [7, 11) is 0. The van der Waals surface area contributed by atoms with Crippen molar-refractivity contribution in [3.63, 3.8) is 0 Å². The minimum absolute atomic E-state index is 0.193. The summed E-state index contributed by atoms with van der Waals surface area (Å²) in [5.41, 5.74) is 0. The summed E-state index contributed by atoms with van der Waals surface area (Å²) in [6.07, 6.45) is 4.76. The number of ether oxygens (including phenoxy) is 5. The van der Waals surface area contributed by atoms with Crippen molar-refractivity contribution in [2.24, 2.45) is 0 Å². The Morgan fingerprint density at radius 3 is 1.24 bits per heavy atom. The molecule has 0 rings (SSSR count). The number of hydrogen-bond donors (Lipinski definition) is 0. The van der Waals surface area contributed by atoms with Gasteiger partial charge in [0.2, 0.25) is 0 Å². The predicted molar refractivity (Wildman–Crippen MR) is 100 cm³/mol. The van der Waals surface area contributed by atoms with Gasteiger partial charge in [-0.05, 0) is 12.5 Å². The van der Waals surface area contributed by atoms with Crippen molar-refractivity contribution >= 4 is 35.5 Å². The van der Waals surface area contributed by atoms with Crippen LogP contribution < -0.4 is 0 Å². The van der Waals surface area contributed by atoms with E-state index in [1.54, 1.807) is 23.5 Å². The molecular weight excluding hydrogens is 368 g/mol. The Balaban J connectivity index is 3.14. The number of carbonyl (C=O) groups is 2. The van der Waals surface area contributed by atoms with Gasteiger partial charge in [0.15, 0.2) is 0 Å². The highest BCUT2D eigenvalue weighted by molar-refractivity contribution is 7.98. The number of carbonyl (C=O) groups excluding carboxylic acids is 2. The van der Waals surface area contributed by atoms with Crippen molar-refractivity contribution in [1.29, 1.82) is 0 Å². The Morgan fingerprint density at radius 2 is 0.920 bits per heavy atom. The lowest BCUT2D eigenvalue weighted by molar-refractivity contribution is -0.145. The van der Waals surface area contributed by atoms with Gasteiger partial charge in [-0.15, -0.1) is 0 Å². The fourth-order valence-corrected chi connectivity index (χ4v) is 2.23. The van der Waals surface area contributed by atoms with E-state index < -0.39 is 0 Å². The van der Waals surface area contributed by atoms with Crippen molar-refractivity contribution in [1.82, 2.24) is 0 Å². The van der Waals surface area contributed by atoms with Crippen LogP contribution in [0.5, 0.6) is 0 Å².